The number of nitrogens with two attached hydrogens (primary N) is 1. The molecule has 1 fully saturated rings. The number of carbonyl (C=O) groups excluding carboxylic acids is 1. The maximum absolute atomic E-state index is 12.6. The zero-order chi connectivity index (χ0) is 18.5. The average Bonchev–Trinajstić information content (AvgIpc) is 2.95. The van der Waals surface area contributed by atoms with E-state index in [0.717, 1.165) is 36.1 Å². The van der Waals surface area contributed by atoms with Gasteiger partial charge in [0.1, 0.15) is 5.82 Å². The highest BCUT2D eigenvalue weighted by Gasteiger charge is 2.24. The summed E-state index contributed by atoms with van der Waals surface area (Å²) >= 11 is 0. The first kappa shape index (κ1) is 18.4. The van der Waals surface area contributed by atoms with Crippen LogP contribution in [0.15, 0.2) is 24.5 Å². The Morgan fingerprint density at radius 2 is 2.27 bits per heavy atom. The fourth-order valence-electron chi connectivity index (χ4n) is 3.39. The second-order valence-electron chi connectivity index (χ2n) is 6.87. The summed E-state index contributed by atoms with van der Waals surface area (Å²) < 4.78 is 7.64. The molecule has 1 unspecified atom stereocenters. The Morgan fingerprint density at radius 3 is 3.00 bits per heavy atom. The van der Waals surface area contributed by atoms with Gasteiger partial charge < -0.3 is 15.4 Å². The fraction of sp³-hybridized carbons (Fsp3) is 0.526. The molecule has 2 N–H and O–H groups in total. The van der Waals surface area contributed by atoms with Crippen LogP contribution in [0.25, 0.3) is 0 Å². The van der Waals surface area contributed by atoms with Crippen LogP contribution in [0.1, 0.15) is 29.7 Å². The maximum Gasteiger partial charge on any atom is 0.223 e. The Balaban J connectivity index is 1.48. The van der Waals surface area contributed by atoms with E-state index in [1.165, 1.54) is 0 Å². The van der Waals surface area contributed by atoms with Gasteiger partial charge in [0.25, 0.3) is 0 Å². The van der Waals surface area contributed by atoms with Crippen LogP contribution in [0.2, 0.25) is 0 Å². The summed E-state index contributed by atoms with van der Waals surface area (Å²) in [6, 6.07) is 3.86. The van der Waals surface area contributed by atoms with Gasteiger partial charge in [0.05, 0.1) is 18.4 Å². The molecule has 7 heteroatoms. The number of morpholine rings is 1. The molecule has 140 valence electrons. The van der Waals surface area contributed by atoms with E-state index in [1.807, 2.05) is 37.2 Å². The Labute approximate surface area is 154 Å². The molecular formula is C19H27N5O2. The molecule has 0 saturated carbocycles. The molecule has 0 bridgehead atoms. The van der Waals surface area contributed by atoms with Gasteiger partial charge in [0.2, 0.25) is 5.91 Å². The van der Waals surface area contributed by atoms with Crippen molar-refractivity contribution >= 4 is 11.7 Å². The maximum atomic E-state index is 12.6. The predicted octanol–water partition coefficient (Wildman–Crippen LogP) is 1.50. The third kappa shape index (κ3) is 4.82. The van der Waals surface area contributed by atoms with Crippen LogP contribution in [-0.4, -0.2) is 51.4 Å². The van der Waals surface area contributed by atoms with Gasteiger partial charge in [-0.2, -0.15) is 5.10 Å². The minimum absolute atomic E-state index is 0.0715. The Kier molecular flexibility index (Phi) is 5.88. The van der Waals surface area contributed by atoms with Crippen molar-refractivity contribution in [2.24, 2.45) is 7.05 Å². The molecule has 1 atom stereocenters. The lowest BCUT2D eigenvalue weighted by molar-refractivity contribution is -0.138. The minimum atomic E-state index is 0.0715. The monoisotopic (exact) mass is 357 g/mol. The number of anilines is 1. The van der Waals surface area contributed by atoms with Crippen LogP contribution in [0.3, 0.4) is 0 Å². The van der Waals surface area contributed by atoms with Crippen LogP contribution in [0.5, 0.6) is 0 Å². The first-order chi connectivity index (χ1) is 12.5. The van der Waals surface area contributed by atoms with Crippen LogP contribution < -0.4 is 5.73 Å². The van der Waals surface area contributed by atoms with Gasteiger partial charge in [0, 0.05) is 39.0 Å². The fourth-order valence-corrected chi connectivity index (χ4v) is 3.39. The average molecular weight is 357 g/mol. The van der Waals surface area contributed by atoms with Crippen molar-refractivity contribution in [3.05, 3.63) is 41.3 Å². The summed E-state index contributed by atoms with van der Waals surface area (Å²) in [6.07, 6.45) is 6.77. The third-order valence-corrected chi connectivity index (χ3v) is 4.82. The van der Waals surface area contributed by atoms with Gasteiger partial charge in [-0.3, -0.25) is 9.48 Å². The van der Waals surface area contributed by atoms with Crippen molar-refractivity contribution in [1.82, 2.24) is 19.7 Å². The normalized spacial score (nSPS) is 17.5. The van der Waals surface area contributed by atoms with Crippen molar-refractivity contribution in [3.63, 3.8) is 0 Å². The molecule has 1 amide bonds. The highest BCUT2D eigenvalue weighted by Crippen LogP contribution is 2.15. The lowest BCUT2D eigenvalue weighted by atomic mass is 10.1. The molecule has 2 aromatic rings. The molecule has 2 aromatic heterocycles. The number of nitrogen functional groups attached to an aromatic ring is 1. The van der Waals surface area contributed by atoms with Gasteiger partial charge in [-0.15, -0.1) is 0 Å². The van der Waals surface area contributed by atoms with Crippen molar-refractivity contribution in [2.75, 3.05) is 25.4 Å². The molecule has 0 spiro atoms. The van der Waals surface area contributed by atoms with Gasteiger partial charge in [-0.25, -0.2) is 4.98 Å². The lowest BCUT2D eigenvalue weighted by Crippen LogP contribution is -2.45. The van der Waals surface area contributed by atoms with Crippen LogP contribution in [0.4, 0.5) is 5.82 Å². The zero-order valence-electron chi connectivity index (χ0n) is 15.5. The molecule has 7 nitrogen and oxygen atoms in total. The number of ether oxygens (including phenoxy) is 1. The van der Waals surface area contributed by atoms with E-state index in [-0.39, 0.29) is 12.0 Å². The summed E-state index contributed by atoms with van der Waals surface area (Å²) in [5.74, 6) is 0.726. The van der Waals surface area contributed by atoms with E-state index in [0.29, 0.717) is 31.9 Å². The van der Waals surface area contributed by atoms with Crippen LogP contribution >= 0.6 is 0 Å². The highest BCUT2D eigenvalue weighted by molar-refractivity contribution is 5.76. The largest absolute Gasteiger partial charge is 0.384 e. The number of hydrogen-bond acceptors (Lipinski definition) is 5. The Morgan fingerprint density at radius 1 is 1.42 bits per heavy atom. The van der Waals surface area contributed by atoms with E-state index < -0.39 is 0 Å². The highest BCUT2D eigenvalue weighted by atomic mass is 16.5. The Hall–Kier alpha value is -2.41. The molecule has 0 radical (unpaired) electrons. The number of aromatic nitrogens is 3. The van der Waals surface area contributed by atoms with Gasteiger partial charge in [-0.1, -0.05) is 0 Å². The molecule has 0 aliphatic carbocycles. The summed E-state index contributed by atoms with van der Waals surface area (Å²) in [6.45, 7) is 3.91. The summed E-state index contributed by atoms with van der Waals surface area (Å²) in [5.41, 5.74) is 9.01. The zero-order valence-corrected chi connectivity index (χ0v) is 15.5. The quantitative estimate of drug-likeness (QED) is 0.847. The topological polar surface area (TPSA) is 86.3 Å². The molecule has 1 aliphatic heterocycles. The smallest absolute Gasteiger partial charge is 0.223 e. The SMILES string of the molecule is Cc1nn(C)cc1CCC(=O)N1CCOC(CCc2ccnc(N)c2)C1. The summed E-state index contributed by atoms with van der Waals surface area (Å²) in [5, 5.41) is 4.33. The summed E-state index contributed by atoms with van der Waals surface area (Å²) in [7, 11) is 1.90. The van der Waals surface area contributed by atoms with E-state index in [4.69, 9.17) is 10.5 Å². The number of hydrogen-bond donors (Lipinski definition) is 1. The predicted molar refractivity (Wildman–Crippen MR) is 99.6 cm³/mol. The molecule has 26 heavy (non-hydrogen) atoms. The molecule has 3 rings (SSSR count). The number of carbonyl (C=O) groups is 1. The van der Waals surface area contributed by atoms with E-state index in [2.05, 4.69) is 10.1 Å². The number of pyridine rings is 1. The van der Waals surface area contributed by atoms with E-state index in [9.17, 15) is 4.79 Å². The number of amides is 1. The van der Waals surface area contributed by atoms with E-state index in [1.54, 1.807) is 10.9 Å². The van der Waals surface area contributed by atoms with Crippen molar-refractivity contribution in [2.45, 2.75) is 38.7 Å². The number of rotatable bonds is 6. The second-order valence-corrected chi connectivity index (χ2v) is 6.87. The molecule has 3 heterocycles. The lowest BCUT2D eigenvalue weighted by Gasteiger charge is -2.33. The van der Waals surface area contributed by atoms with Gasteiger partial charge in [0.15, 0.2) is 0 Å². The van der Waals surface area contributed by atoms with Gasteiger partial charge >= 0.3 is 0 Å². The van der Waals surface area contributed by atoms with Crippen molar-refractivity contribution in [1.29, 1.82) is 0 Å². The van der Waals surface area contributed by atoms with Gasteiger partial charge in [-0.05, 0) is 49.4 Å². The number of nitrogens with zero attached hydrogens (tertiary/aromatic N) is 4. The third-order valence-electron chi connectivity index (χ3n) is 4.82. The van der Waals surface area contributed by atoms with Crippen molar-refractivity contribution in [3.8, 4) is 0 Å². The van der Waals surface area contributed by atoms with Crippen LogP contribution in [-0.2, 0) is 29.4 Å². The van der Waals surface area contributed by atoms with Crippen molar-refractivity contribution < 1.29 is 9.53 Å². The summed E-state index contributed by atoms with van der Waals surface area (Å²) in [4.78, 5) is 18.5. The second kappa shape index (κ2) is 8.31. The first-order valence-electron chi connectivity index (χ1n) is 9.10. The molecular weight excluding hydrogens is 330 g/mol. The first-order valence-corrected chi connectivity index (χ1v) is 9.10. The Bertz CT molecular complexity index is 758. The van der Waals surface area contributed by atoms with E-state index >= 15 is 0 Å². The molecule has 1 saturated heterocycles. The minimum Gasteiger partial charge on any atom is -0.384 e. The molecule has 1 aliphatic rings. The molecule has 0 aromatic carbocycles. The van der Waals surface area contributed by atoms with Crippen LogP contribution in [0, 0.1) is 6.92 Å². The number of aryl methyl sites for hydroxylation is 4. The standard InChI is InChI=1S/C19H27N5O2/c1-14-16(12-23(2)22-14)4-6-19(25)24-9-10-26-17(13-24)5-3-15-7-8-21-18(20)11-15/h7-8,11-12,17H,3-6,9-10,13H2,1-2H3,(H2,20,21).